The van der Waals surface area contributed by atoms with Crippen molar-refractivity contribution in [3.63, 3.8) is 0 Å². The molecule has 0 fully saturated rings. The van der Waals surface area contributed by atoms with Gasteiger partial charge in [0.2, 0.25) is 0 Å². The molecule has 1 aliphatic carbocycles. The van der Waals surface area contributed by atoms with Gasteiger partial charge in [-0.2, -0.15) is 0 Å². The lowest BCUT2D eigenvalue weighted by Gasteiger charge is -2.10. The fraction of sp³-hybridized carbons (Fsp3) is 0.176. The summed E-state index contributed by atoms with van der Waals surface area (Å²) >= 11 is 0. The average molecular weight is 252 g/mol. The van der Waals surface area contributed by atoms with Gasteiger partial charge in [-0.3, -0.25) is 0 Å². The maximum absolute atomic E-state index is 10.1. The zero-order chi connectivity index (χ0) is 13.2. The quantitative estimate of drug-likeness (QED) is 0.907. The number of fused-ring (bicyclic) bond motifs is 1. The van der Waals surface area contributed by atoms with Crippen molar-refractivity contribution in [2.75, 3.05) is 6.61 Å². The Morgan fingerprint density at radius 3 is 2.32 bits per heavy atom. The first-order valence-electron chi connectivity index (χ1n) is 6.52. The lowest BCUT2D eigenvalue weighted by atomic mass is 9.99. The van der Waals surface area contributed by atoms with Crippen molar-refractivity contribution in [2.45, 2.75) is 12.8 Å². The van der Waals surface area contributed by atoms with Crippen LogP contribution in [-0.2, 0) is 0 Å². The van der Waals surface area contributed by atoms with Gasteiger partial charge in [0.05, 0.1) is 6.61 Å². The lowest BCUT2D eigenvalue weighted by molar-refractivity contribution is 0.337. The summed E-state index contributed by atoms with van der Waals surface area (Å²) in [6.07, 6.45) is 4.34. The standard InChI is InChI=1S/C17H16O2/c1-2-19-15-7-8-16(17(18)11-15)14-9-12-5-3-4-6-13(12)10-14/h3-11,14,18H,2H2,1H3. The number of hydrogen-bond donors (Lipinski definition) is 1. The summed E-state index contributed by atoms with van der Waals surface area (Å²) in [5.74, 6) is 1.13. The fourth-order valence-electron chi connectivity index (χ4n) is 2.49. The average Bonchev–Trinajstić information content (AvgIpc) is 2.82. The molecule has 19 heavy (non-hydrogen) atoms. The Bertz CT molecular complexity index is 681. The highest BCUT2D eigenvalue weighted by Gasteiger charge is 2.14. The number of phenols is 1. The first-order valence-corrected chi connectivity index (χ1v) is 6.52. The molecule has 1 N–H and O–H groups in total. The molecule has 2 nitrogen and oxygen atoms in total. The molecule has 3 rings (SSSR count). The zero-order valence-electron chi connectivity index (χ0n) is 10.8. The largest absolute Gasteiger partial charge is 0.507 e. The van der Waals surface area contributed by atoms with Crippen molar-refractivity contribution in [1.82, 2.24) is 0 Å². The van der Waals surface area contributed by atoms with E-state index >= 15 is 0 Å². The summed E-state index contributed by atoms with van der Waals surface area (Å²) in [6, 6.07) is 13.8. The van der Waals surface area contributed by atoms with Gasteiger partial charge in [-0.25, -0.2) is 0 Å². The topological polar surface area (TPSA) is 29.5 Å². The van der Waals surface area contributed by atoms with Crippen LogP contribution < -0.4 is 15.2 Å². The maximum atomic E-state index is 10.1. The minimum Gasteiger partial charge on any atom is -0.507 e. The monoisotopic (exact) mass is 252 g/mol. The van der Waals surface area contributed by atoms with Crippen molar-refractivity contribution in [2.24, 2.45) is 0 Å². The Labute approximate surface area is 112 Å². The molecule has 0 radical (unpaired) electrons. The Hall–Kier alpha value is -2.22. The summed E-state index contributed by atoms with van der Waals surface area (Å²) in [5.41, 5.74) is 0.916. The molecule has 0 amide bonds. The van der Waals surface area contributed by atoms with Crippen LogP contribution in [0, 0.1) is 0 Å². The molecule has 96 valence electrons. The first-order chi connectivity index (χ1) is 9.28. The SMILES string of the molecule is CCOc1ccc(C2C=c3ccccc3=C2)c(O)c1. The molecule has 0 heterocycles. The molecule has 0 aliphatic heterocycles. The Kier molecular flexibility index (Phi) is 3.00. The van der Waals surface area contributed by atoms with E-state index in [1.165, 1.54) is 10.4 Å². The van der Waals surface area contributed by atoms with E-state index in [1.807, 2.05) is 31.2 Å². The number of aromatic hydroxyl groups is 1. The first kappa shape index (κ1) is 11.8. The van der Waals surface area contributed by atoms with Gasteiger partial charge in [0.25, 0.3) is 0 Å². The molecule has 2 aromatic carbocycles. The summed E-state index contributed by atoms with van der Waals surface area (Å²) in [7, 11) is 0. The summed E-state index contributed by atoms with van der Waals surface area (Å²) in [4.78, 5) is 0. The predicted molar refractivity (Wildman–Crippen MR) is 76.6 cm³/mol. The highest BCUT2D eigenvalue weighted by molar-refractivity contribution is 5.63. The second-order valence-electron chi connectivity index (χ2n) is 4.64. The predicted octanol–water partition coefficient (Wildman–Crippen LogP) is 2.15. The number of ether oxygens (including phenoxy) is 1. The zero-order valence-corrected chi connectivity index (χ0v) is 10.8. The molecule has 1 aliphatic rings. The third kappa shape index (κ3) is 2.22. The van der Waals surface area contributed by atoms with E-state index in [-0.39, 0.29) is 11.7 Å². The molecule has 0 unspecified atom stereocenters. The van der Waals surface area contributed by atoms with E-state index in [0.29, 0.717) is 12.4 Å². The molecular weight excluding hydrogens is 236 g/mol. The van der Waals surface area contributed by atoms with Crippen LogP contribution in [0.15, 0.2) is 42.5 Å². The number of hydrogen-bond acceptors (Lipinski definition) is 2. The van der Waals surface area contributed by atoms with Crippen LogP contribution in [-0.4, -0.2) is 11.7 Å². The lowest BCUT2D eigenvalue weighted by Crippen LogP contribution is -2.19. The summed E-state index contributed by atoms with van der Waals surface area (Å²) in [6.45, 7) is 2.53. The van der Waals surface area contributed by atoms with Crippen LogP contribution in [0.25, 0.3) is 12.2 Å². The van der Waals surface area contributed by atoms with Crippen LogP contribution in [0.5, 0.6) is 11.5 Å². The second-order valence-corrected chi connectivity index (χ2v) is 4.64. The van der Waals surface area contributed by atoms with Crippen LogP contribution in [0.3, 0.4) is 0 Å². The molecular formula is C17H16O2. The van der Waals surface area contributed by atoms with Gasteiger partial charge in [0, 0.05) is 17.5 Å². The third-order valence-electron chi connectivity index (χ3n) is 3.39. The van der Waals surface area contributed by atoms with E-state index in [4.69, 9.17) is 4.74 Å². The number of rotatable bonds is 3. The van der Waals surface area contributed by atoms with Crippen LogP contribution in [0.1, 0.15) is 18.4 Å². The number of benzene rings is 2. The third-order valence-corrected chi connectivity index (χ3v) is 3.39. The maximum Gasteiger partial charge on any atom is 0.123 e. The number of phenolic OH excluding ortho intramolecular Hbond substituents is 1. The molecule has 0 spiro atoms. The van der Waals surface area contributed by atoms with Crippen LogP contribution in [0.4, 0.5) is 0 Å². The molecule has 0 bridgehead atoms. The van der Waals surface area contributed by atoms with Gasteiger partial charge in [0.1, 0.15) is 11.5 Å². The second kappa shape index (κ2) is 4.81. The van der Waals surface area contributed by atoms with Gasteiger partial charge >= 0.3 is 0 Å². The van der Waals surface area contributed by atoms with Crippen molar-refractivity contribution in [1.29, 1.82) is 0 Å². The Morgan fingerprint density at radius 1 is 1.05 bits per heavy atom. The fourth-order valence-corrected chi connectivity index (χ4v) is 2.49. The molecule has 0 atom stereocenters. The minimum absolute atomic E-state index is 0.132. The highest BCUT2D eigenvalue weighted by atomic mass is 16.5. The highest BCUT2D eigenvalue weighted by Crippen LogP contribution is 2.32. The smallest absolute Gasteiger partial charge is 0.123 e. The molecule has 2 aromatic rings. The Balaban J connectivity index is 1.99. The van der Waals surface area contributed by atoms with E-state index in [0.717, 1.165) is 5.56 Å². The van der Waals surface area contributed by atoms with E-state index in [2.05, 4.69) is 24.3 Å². The van der Waals surface area contributed by atoms with E-state index in [9.17, 15) is 5.11 Å². The van der Waals surface area contributed by atoms with Gasteiger partial charge < -0.3 is 9.84 Å². The van der Waals surface area contributed by atoms with Gasteiger partial charge in [-0.05, 0) is 23.4 Å². The summed E-state index contributed by atoms with van der Waals surface area (Å²) in [5, 5.41) is 12.6. The molecule has 2 heteroatoms. The molecule has 0 saturated heterocycles. The normalized spacial score (nSPS) is 13.5. The van der Waals surface area contributed by atoms with Gasteiger partial charge in [-0.15, -0.1) is 0 Å². The van der Waals surface area contributed by atoms with E-state index < -0.39 is 0 Å². The van der Waals surface area contributed by atoms with Crippen molar-refractivity contribution in [3.05, 3.63) is 58.5 Å². The van der Waals surface area contributed by atoms with Crippen molar-refractivity contribution < 1.29 is 9.84 Å². The summed E-state index contributed by atoms with van der Waals surface area (Å²) < 4.78 is 5.39. The van der Waals surface area contributed by atoms with E-state index in [1.54, 1.807) is 6.07 Å². The van der Waals surface area contributed by atoms with Crippen molar-refractivity contribution >= 4 is 12.2 Å². The van der Waals surface area contributed by atoms with Crippen LogP contribution >= 0.6 is 0 Å². The van der Waals surface area contributed by atoms with Gasteiger partial charge in [0.15, 0.2) is 0 Å². The molecule has 0 aromatic heterocycles. The minimum atomic E-state index is 0.132. The Morgan fingerprint density at radius 2 is 1.74 bits per heavy atom. The van der Waals surface area contributed by atoms with Crippen LogP contribution in [0.2, 0.25) is 0 Å². The molecule has 0 saturated carbocycles. The van der Waals surface area contributed by atoms with Gasteiger partial charge in [-0.1, -0.05) is 42.5 Å². The van der Waals surface area contributed by atoms with Crippen molar-refractivity contribution in [3.8, 4) is 11.5 Å².